The topological polar surface area (TPSA) is 70.7 Å². The van der Waals surface area contributed by atoms with Crippen molar-refractivity contribution in [3.63, 3.8) is 0 Å². The van der Waals surface area contributed by atoms with Gasteiger partial charge in [0.05, 0.1) is 13.2 Å². The van der Waals surface area contributed by atoms with E-state index in [4.69, 9.17) is 17.0 Å². The number of carbonyl (C=O) groups excluding carboxylic acids is 2. The summed E-state index contributed by atoms with van der Waals surface area (Å²) in [5.74, 6) is 0.599. The summed E-state index contributed by atoms with van der Waals surface area (Å²) in [6, 6.07) is 7.19. The maximum atomic E-state index is 12.6. The van der Waals surface area contributed by atoms with Gasteiger partial charge in [-0.2, -0.15) is 0 Å². The molecule has 0 radical (unpaired) electrons. The van der Waals surface area contributed by atoms with E-state index in [2.05, 4.69) is 10.6 Å². The molecule has 0 atom stereocenters. The second kappa shape index (κ2) is 10.5. The van der Waals surface area contributed by atoms with Gasteiger partial charge in [-0.1, -0.05) is 38.2 Å². The zero-order chi connectivity index (χ0) is 19.8. The summed E-state index contributed by atoms with van der Waals surface area (Å²) in [6.45, 7) is 2.35. The van der Waals surface area contributed by atoms with Gasteiger partial charge in [-0.25, -0.2) is 0 Å². The largest absolute Gasteiger partial charge is 0.378 e. The molecule has 152 valence electrons. The van der Waals surface area contributed by atoms with E-state index < -0.39 is 0 Å². The smallest absolute Gasteiger partial charge is 0.254 e. The van der Waals surface area contributed by atoms with E-state index in [0.717, 1.165) is 6.42 Å². The van der Waals surface area contributed by atoms with Crippen molar-refractivity contribution >= 4 is 34.8 Å². The van der Waals surface area contributed by atoms with Crippen molar-refractivity contribution in [2.45, 2.75) is 44.9 Å². The molecule has 1 aromatic rings. The van der Waals surface area contributed by atoms with Gasteiger partial charge in [-0.05, 0) is 42.8 Å². The molecule has 1 saturated carbocycles. The molecule has 0 spiro atoms. The summed E-state index contributed by atoms with van der Waals surface area (Å²) >= 11 is 5.26. The second-order valence-corrected chi connectivity index (χ2v) is 7.94. The molecule has 0 unspecified atom stereocenters. The number of thiocarbonyl (C=S) groups is 1. The average Bonchev–Trinajstić information content (AvgIpc) is 2.73. The third-order valence-electron chi connectivity index (χ3n) is 5.42. The summed E-state index contributed by atoms with van der Waals surface area (Å²) < 4.78 is 5.29. The van der Waals surface area contributed by atoms with Gasteiger partial charge in [0.15, 0.2) is 5.11 Å². The summed E-state index contributed by atoms with van der Waals surface area (Å²) in [6.07, 6.45) is 7.79. The lowest BCUT2D eigenvalue weighted by atomic mass is 9.86. The molecule has 2 fully saturated rings. The Kier molecular flexibility index (Phi) is 7.80. The molecule has 1 heterocycles. The van der Waals surface area contributed by atoms with E-state index in [1.165, 1.54) is 32.1 Å². The molecule has 2 aliphatic rings. The van der Waals surface area contributed by atoms with Crippen LogP contribution in [0.25, 0.3) is 0 Å². The van der Waals surface area contributed by atoms with E-state index in [9.17, 15) is 9.59 Å². The molecular weight excluding hydrogens is 374 g/mol. The Morgan fingerprint density at radius 3 is 2.64 bits per heavy atom. The van der Waals surface area contributed by atoms with Crippen molar-refractivity contribution in [1.29, 1.82) is 0 Å². The van der Waals surface area contributed by atoms with Crippen LogP contribution in [-0.2, 0) is 9.53 Å². The van der Waals surface area contributed by atoms with Gasteiger partial charge in [-0.15, -0.1) is 0 Å². The van der Waals surface area contributed by atoms with Gasteiger partial charge in [0.25, 0.3) is 5.91 Å². The van der Waals surface area contributed by atoms with Gasteiger partial charge >= 0.3 is 0 Å². The van der Waals surface area contributed by atoms with Crippen molar-refractivity contribution < 1.29 is 14.3 Å². The number of amides is 2. The average molecular weight is 404 g/mol. The van der Waals surface area contributed by atoms with Crippen LogP contribution < -0.4 is 10.6 Å². The normalized spacial score (nSPS) is 17.8. The van der Waals surface area contributed by atoms with Crippen LogP contribution in [-0.4, -0.2) is 48.1 Å². The monoisotopic (exact) mass is 403 g/mol. The van der Waals surface area contributed by atoms with E-state index in [-0.39, 0.29) is 16.9 Å². The Labute approximate surface area is 172 Å². The minimum atomic E-state index is -0.0522. The quantitative estimate of drug-likeness (QED) is 0.738. The predicted molar refractivity (Wildman–Crippen MR) is 113 cm³/mol. The Hall–Kier alpha value is -1.99. The second-order valence-electron chi connectivity index (χ2n) is 7.53. The number of nitrogens with one attached hydrogen (secondary N) is 2. The molecular formula is C21H29N3O3S. The van der Waals surface area contributed by atoms with Gasteiger partial charge in [0, 0.05) is 30.8 Å². The SMILES string of the molecule is O=C(CCC1CCCCC1)NC(=S)Nc1cccc(C(=O)N2CCOCC2)c1. The van der Waals surface area contributed by atoms with Gasteiger partial charge in [0.2, 0.25) is 5.91 Å². The highest BCUT2D eigenvalue weighted by atomic mass is 32.1. The zero-order valence-electron chi connectivity index (χ0n) is 16.2. The first kappa shape index (κ1) is 20.7. The summed E-state index contributed by atoms with van der Waals surface area (Å²) in [7, 11) is 0. The fourth-order valence-corrected chi connectivity index (χ4v) is 4.07. The first-order valence-corrected chi connectivity index (χ1v) is 10.6. The molecule has 7 heteroatoms. The summed E-state index contributed by atoms with van der Waals surface area (Å²) in [4.78, 5) is 26.5. The number of hydrogen-bond acceptors (Lipinski definition) is 4. The predicted octanol–water partition coefficient (Wildman–Crippen LogP) is 3.33. The maximum Gasteiger partial charge on any atom is 0.254 e. The fourth-order valence-electron chi connectivity index (χ4n) is 3.84. The number of carbonyl (C=O) groups is 2. The molecule has 3 rings (SSSR count). The van der Waals surface area contributed by atoms with Crippen molar-refractivity contribution in [2.75, 3.05) is 31.6 Å². The maximum absolute atomic E-state index is 12.6. The molecule has 1 saturated heterocycles. The molecule has 1 aliphatic heterocycles. The Morgan fingerprint density at radius 2 is 1.89 bits per heavy atom. The van der Waals surface area contributed by atoms with Crippen molar-refractivity contribution in [3.8, 4) is 0 Å². The number of anilines is 1. The lowest BCUT2D eigenvalue weighted by Gasteiger charge is -2.27. The van der Waals surface area contributed by atoms with Crippen LogP contribution in [0.15, 0.2) is 24.3 Å². The van der Waals surface area contributed by atoms with Crippen LogP contribution in [0.5, 0.6) is 0 Å². The van der Waals surface area contributed by atoms with Gasteiger partial charge in [-0.3, -0.25) is 9.59 Å². The zero-order valence-corrected chi connectivity index (χ0v) is 17.1. The Balaban J connectivity index is 1.46. The highest BCUT2D eigenvalue weighted by Gasteiger charge is 2.19. The van der Waals surface area contributed by atoms with Crippen LogP contribution in [0, 0.1) is 5.92 Å². The van der Waals surface area contributed by atoms with Crippen LogP contribution in [0.4, 0.5) is 5.69 Å². The van der Waals surface area contributed by atoms with Gasteiger partial charge in [0.1, 0.15) is 0 Å². The van der Waals surface area contributed by atoms with E-state index in [0.29, 0.717) is 49.9 Å². The first-order chi connectivity index (χ1) is 13.6. The summed E-state index contributed by atoms with van der Waals surface area (Å²) in [5, 5.41) is 6.03. The minimum absolute atomic E-state index is 0.0191. The standard InChI is InChI=1S/C21H29N3O3S/c25-19(10-9-16-5-2-1-3-6-16)23-21(28)22-18-8-4-7-17(15-18)20(26)24-11-13-27-14-12-24/h4,7-8,15-16H,1-3,5-6,9-14H2,(H2,22,23,25,28). The third kappa shape index (κ3) is 6.27. The first-order valence-electron chi connectivity index (χ1n) is 10.2. The van der Waals surface area contributed by atoms with Crippen LogP contribution in [0.1, 0.15) is 55.3 Å². The fraction of sp³-hybridized carbons (Fsp3) is 0.571. The van der Waals surface area contributed by atoms with E-state index in [1.807, 2.05) is 12.1 Å². The highest BCUT2D eigenvalue weighted by Crippen LogP contribution is 2.27. The number of rotatable bonds is 5. The third-order valence-corrected chi connectivity index (χ3v) is 5.63. The van der Waals surface area contributed by atoms with E-state index in [1.54, 1.807) is 17.0 Å². The number of morpholine rings is 1. The molecule has 6 nitrogen and oxygen atoms in total. The van der Waals surface area contributed by atoms with Crippen molar-refractivity contribution in [1.82, 2.24) is 10.2 Å². The molecule has 2 N–H and O–H groups in total. The molecule has 1 aromatic carbocycles. The van der Waals surface area contributed by atoms with Crippen LogP contribution in [0.3, 0.4) is 0 Å². The van der Waals surface area contributed by atoms with Crippen LogP contribution >= 0.6 is 12.2 Å². The number of benzene rings is 1. The molecule has 0 bridgehead atoms. The summed E-state index contributed by atoms with van der Waals surface area (Å²) in [5.41, 5.74) is 1.29. The molecule has 28 heavy (non-hydrogen) atoms. The number of nitrogens with zero attached hydrogens (tertiary/aromatic N) is 1. The van der Waals surface area contributed by atoms with Crippen molar-refractivity contribution in [2.24, 2.45) is 5.92 Å². The Morgan fingerprint density at radius 1 is 1.14 bits per heavy atom. The highest BCUT2D eigenvalue weighted by molar-refractivity contribution is 7.80. The van der Waals surface area contributed by atoms with Crippen LogP contribution in [0.2, 0.25) is 0 Å². The number of ether oxygens (including phenoxy) is 1. The molecule has 0 aromatic heterocycles. The lowest BCUT2D eigenvalue weighted by Crippen LogP contribution is -2.40. The van der Waals surface area contributed by atoms with Crippen molar-refractivity contribution in [3.05, 3.63) is 29.8 Å². The van der Waals surface area contributed by atoms with E-state index >= 15 is 0 Å². The number of hydrogen-bond donors (Lipinski definition) is 2. The lowest BCUT2D eigenvalue weighted by molar-refractivity contribution is -0.120. The Bertz CT molecular complexity index is 698. The molecule has 2 amide bonds. The van der Waals surface area contributed by atoms with Gasteiger partial charge < -0.3 is 20.3 Å². The molecule has 1 aliphatic carbocycles. The minimum Gasteiger partial charge on any atom is -0.378 e.